The number of nitrogens with zero attached hydrogens (tertiary/aromatic N) is 4. The van der Waals surface area contributed by atoms with Crippen LogP contribution in [0.2, 0.25) is 0 Å². The van der Waals surface area contributed by atoms with Crippen molar-refractivity contribution in [3.63, 3.8) is 0 Å². The van der Waals surface area contributed by atoms with Crippen molar-refractivity contribution in [3.05, 3.63) is 96.4 Å². The van der Waals surface area contributed by atoms with Crippen LogP contribution in [0, 0.1) is 0 Å². The van der Waals surface area contributed by atoms with Crippen LogP contribution in [-0.2, 0) is 19.4 Å². The quantitative estimate of drug-likeness (QED) is 0.199. The van der Waals surface area contributed by atoms with E-state index in [0.717, 1.165) is 5.69 Å². The third-order valence-electron chi connectivity index (χ3n) is 7.73. The van der Waals surface area contributed by atoms with Gasteiger partial charge in [-0.1, -0.05) is 19.1 Å². The Morgan fingerprint density at radius 3 is 2.38 bits per heavy atom. The number of sulfone groups is 1. The van der Waals surface area contributed by atoms with Gasteiger partial charge in [0.15, 0.2) is 9.84 Å². The molecule has 1 amide bonds. The Kier molecular flexibility index (Phi) is 10.5. The minimum atomic E-state index is -3.45. The number of pyridine rings is 1. The number of nitrogens with one attached hydrogen (secondary N) is 1. The van der Waals surface area contributed by atoms with E-state index in [0.29, 0.717) is 30.1 Å². The molecule has 12 nitrogen and oxygen atoms in total. The van der Waals surface area contributed by atoms with Gasteiger partial charge >= 0.3 is 12.6 Å². The summed E-state index contributed by atoms with van der Waals surface area (Å²) in [5, 5.41) is 16.3. The molecule has 1 fully saturated rings. The van der Waals surface area contributed by atoms with Crippen molar-refractivity contribution >= 4 is 27.4 Å². The molecule has 0 bridgehead atoms. The van der Waals surface area contributed by atoms with Gasteiger partial charge in [0.25, 0.3) is 5.91 Å². The second-order valence-electron chi connectivity index (χ2n) is 10.8. The number of halogens is 2. The third-order valence-corrected chi connectivity index (χ3v) is 9.49. The number of benzene rings is 2. The maximum absolute atomic E-state index is 13.2. The Balaban J connectivity index is 1.27. The Bertz CT molecular complexity index is 1760. The summed E-state index contributed by atoms with van der Waals surface area (Å²) in [5.74, 6) is -1.41. The van der Waals surface area contributed by atoms with Crippen LogP contribution in [0.4, 0.5) is 14.5 Å². The second kappa shape index (κ2) is 14.7. The molecule has 1 aliphatic heterocycles. The van der Waals surface area contributed by atoms with Gasteiger partial charge in [-0.25, -0.2) is 18.1 Å². The molecule has 2 aromatic carbocycles. The van der Waals surface area contributed by atoms with Crippen LogP contribution in [-0.4, -0.2) is 77.8 Å². The fourth-order valence-corrected chi connectivity index (χ4v) is 6.22. The molecule has 3 heterocycles. The summed E-state index contributed by atoms with van der Waals surface area (Å²) < 4.78 is 62.6. The fourth-order valence-electron chi connectivity index (χ4n) is 5.33. The lowest BCUT2D eigenvalue weighted by Gasteiger charge is -2.26. The molecule has 0 aliphatic carbocycles. The van der Waals surface area contributed by atoms with Gasteiger partial charge in [0.1, 0.15) is 6.10 Å². The molecule has 0 radical (unpaired) electrons. The first-order valence-electron chi connectivity index (χ1n) is 14.8. The van der Waals surface area contributed by atoms with Gasteiger partial charge in [-0.3, -0.25) is 9.59 Å². The van der Waals surface area contributed by atoms with E-state index in [-0.39, 0.29) is 28.9 Å². The molecule has 0 spiro atoms. The molecule has 2 aromatic heterocycles. The molecule has 5 rings (SSSR count). The zero-order valence-corrected chi connectivity index (χ0v) is 26.1. The summed E-state index contributed by atoms with van der Waals surface area (Å²) in [6.07, 6.45) is 4.62. The molecule has 15 heteroatoms. The first kappa shape index (κ1) is 33.5. The SMILES string of the molecule is CCS(=O)(=O)c1ccc([C@H](CC(=O)O)NC(=O)c2ccc(N3CC(Oc4ccc(-n5cccn5)cn4)C[C@H]3COC(F)F)cc2)cc1. The lowest BCUT2D eigenvalue weighted by molar-refractivity contribution is -0.137. The van der Waals surface area contributed by atoms with Crippen molar-refractivity contribution in [1.29, 1.82) is 0 Å². The molecule has 1 saturated heterocycles. The van der Waals surface area contributed by atoms with Gasteiger partial charge in [0, 0.05) is 36.1 Å². The number of carboxylic acid groups (broad SMARTS) is 1. The number of amides is 1. The van der Waals surface area contributed by atoms with E-state index in [1.807, 2.05) is 4.90 Å². The number of alkyl halides is 2. The van der Waals surface area contributed by atoms with Crippen LogP contribution >= 0.6 is 0 Å². The van der Waals surface area contributed by atoms with Gasteiger partial charge < -0.3 is 24.8 Å². The number of rotatable bonds is 14. The number of ether oxygens (including phenoxy) is 2. The van der Waals surface area contributed by atoms with Crippen molar-refractivity contribution in [2.45, 2.75) is 49.5 Å². The summed E-state index contributed by atoms with van der Waals surface area (Å²) in [7, 11) is -3.45. The highest BCUT2D eigenvalue weighted by Gasteiger charge is 2.35. The smallest absolute Gasteiger partial charge is 0.345 e. The first-order valence-corrected chi connectivity index (χ1v) is 16.4. The Morgan fingerprint density at radius 2 is 1.79 bits per heavy atom. The Hall–Kier alpha value is -4.89. The molecule has 0 saturated carbocycles. The highest BCUT2D eigenvalue weighted by atomic mass is 32.2. The van der Waals surface area contributed by atoms with Gasteiger partial charge in [-0.2, -0.15) is 13.9 Å². The average molecular weight is 670 g/mol. The molecule has 248 valence electrons. The van der Waals surface area contributed by atoms with Crippen molar-refractivity contribution < 1.29 is 41.4 Å². The van der Waals surface area contributed by atoms with Gasteiger partial charge in [0.2, 0.25) is 5.88 Å². The number of aliphatic carboxylic acids is 1. The molecular weight excluding hydrogens is 636 g/mol. The van der Waals surface area contributed by atoms with E-state index >= 15 is 0 Å². The summed E-state index contributed by atoms with van der Waals surface area (Å²) in [5.41, 5.74) is 2.07. The maximum atomic E-state index is 13.2. The number of hydrogen-bond donors (Lipinski definition) is 2. The van der Waals surface area contributed by atoms with E-state index in [9.17, 15) is 31.9 Å². The van der Waals surface area contributed by atoms with Crippen molar-refractivity contribution in [1.82, 2.24) is 20.1 Å². The molecule has 4 aromatic rings. The zero-order valence-electron chi connectivity index (χ0n) is 25.3. The third kappa shape index (κ3) is 8.48. The van der Waals surface area contributed by atoms with E-state index in [4.69, 9.17) is 4.74 Å². The van der Waals surface area contributed by atoms with Crippen LogP contribution in [0.1, 0.15) is 41.7 Å². The Labute approximate surface area is 269 Å². The Morgan fingerprint density at radius 1 is 1.06 bits per heavy atom. The zero-order chi connectivity index (χ0) is 33.6. The fraction of sp³-hybridized carbons (Fsp3) is 0.312. The number of hydrogen-bond acceptors (Lipinski definition) is 9. The molecule has 1 unspecified atom stereocenters. The standard InChI is InChI=1S/C32H33F2N5O7S/c1-2-47(43,44)27-11-6-21(7-12-27)28(17-30(40)41)37-31(42)22-4-8-23(9-5-22)38-19-26(16-25(38)20-45-32(33)34)46-29-13-10-24(18-35-29)39-15-3-14-36-39/h3-15,18,25-26,28,32H,2,16-17,19-20H2,1H3,(H,37,42)(H,40,41)/t25-,26?,28-/m0/s1. The molecular formula is C32H33F2N5O7S. The highest BCUT2D eigenvalue weighted by Crippen LogP contribution is 2.29. The lowest BCUT2D eigenvalue weighted by Crippen LogP contribution is -2.34. The number of carbonyl (C=O) groups excluding carboxylic acids is 1. The van der Waals surface area contributed by atoms with E-state index < -0.39 is 46.8 Å². The van der Waals surface area contributed by atoms with Crippen LogP contribution in [0.5, 0.6) is 5.88 Å². The summed E-state index contributed by atoms with van der Waals surface area (Å²) in [6.45, 7) is -1.32. The molecule has 47 heavy (non-hydrogen) atoms. The number of anilines is 1. The van der Waals surface area contributed by atoms with E-state index in [1.54, 1.807) is 65.7 Å². The number of carboxylic acids is 1. The molecule has 1 aliphatic rings. The molecule has 3 atom stereocenters. The van der Waals surface area contributed by atoms with Crippen LogP contribution in [0.15, 0.2) is 90.2 Å². The normalized spacial score (nSPS) is 17.1. The highest BCUT2D eigenvalue weighted by molar-refractivity contribution is 7.91. The van der Waals surface area contributed by atoms with Crippen molar-refractivity contribution in [2.24, 2.45) is 0 Å². The van der Waals surface area contributed by atoms with E-state index in [1.165, 1.54) is 31.2 Å². The molecule has 2 N–H and O–H groups in total. The monoisotopic (exact) mass is 669 g/mol. The predicted molar refractivity (Wildman–Crippen MR) is 167 cm³/mol. The van der Waals surface area contributed by atoms with Crippen LogP contribution in [0.25, 0.3) is 5.69 Å². The van der Waals surface area contributed by atoms with Crippen molar-refractivity contribution in [3.8, 4) is 11.6 Å². The summed E-state index contributed by atoms with van der Waals surface area (Å²) in [6, 6.07) is 16.1. The van der Waals surface area contributed by atoms with Gasteiger partial charge in [-0.15, -0.1) is 0 Å². The first-order chi connectivity index (χ1) is 22.5. The number of carbonyl (C=O) groups is 2. The topological polar surface area (TPSA) is 153 Å². The number of aromatic nitrogens is 3. The van der Waals surface area contributed by atoms with Crippen LogP contribution < -0.4 is 15.0 Å². The summed E-state index contributed by atoms with van der Waals surface area (Å²) in [4.78, 5) is 31.0. The van der Waals surface area contributed by atoms with E-state index in [2.05, 4.69) is 20.1 Å². The van der Waals surface area contributed by atoms with Gasteiger partial charge in [0.05, 0.1) is 54.2 Å². The second-order valence-corrected chi connectivity index (χ2v) is 13.1. The summed E-state index contributed by atoms with van der Waals surface area (Å²) >= 11 is 0. The maximum Gasteiger partial charge on any atom is 0.345 e. The minimum Gasteiger partial charge on any atom is -0.481 e. The minimum absolute atomic E-state index is 0.0822. The predicted octanol–water partition coefficient (Wildman–Crippen LogP) is 4.27. The lowest BCUT2D eigenvalue weighted by atomic mass is 10.0. The largest absolute Gasteiger partial charge is 0.481 e. The van der Waals surface area contributed by atoms with Gasteiger partial charge in [-0.05, 0) is 54.1 Å². The van der Waals surface area contributed by atoms with Crippen molar-refractivity contribution in [2.75, 3.05) is 23.8 Å². The average Bonchev–Trinajstić information content (AvgIpc) is 3.74. The van der Waals surface area contributed by atoms with Crippen LogP contribution in [0.3, 0.4) is 0 Å².